The standard InChI is InChI=1S/C10H21NO2/c1-2-3-4-6-9(12)7-5-8-10(11)13/h9,12H,2-8H2,1H3,(H2,11,13). The Hall–Kier alpha value is -0.570. The van der Waals surface area contributed by atoms with Gasteiger partial charge < -0.3 is 10.8 Å². The fourth-order valence-corrected chi connectivity index (χ4v) is 1.29. The van der Waals surface area contributed by atoms with Gasteiger partial charge >= 0.3 is 0 Å². The Labute approximate surface area is 80.3 Å². The number of rotatable bonds is 8. The van der Waals surface area contributed by atoms with Crippen LogP contribution in [0.15, 0.2) is 0 Å². The van der Waals surface area contributed by atoms with Crippen LogP contribution in [-0.4, -0.2) is 17.1 Å². The van der Waals surface area contributed by atoms with Crippen LogP contribution in [0.1, 0.15) is 51.9 Å². The number of carbonyl (C=O) groups excluding carboxylic acids is 1. The Morgan fingerprint density at radius 2 is 1.92 bits per heavy atom. The van der Waals surface area contributed by atoms with Gasteiger partial charge in [-0.05, 0) is 19.3 Å². The van der Waals surface area contributed by atoms with Crippen molar-refractivity contribution in [3.63, 3.8) is 0 Å². The number of primary amides is 1. The third-order valence-electron chi connectivity index (χ3n) is 2.10. The van der Waals surface area contributed by atoms with Gasteiger partial charge in [0.2, 0.25) is 5.91 Å². The van der Waals surface area contributed by atoms with Crippen molar-refractivity contribution >= 4 is 5.91 Å². The highest BCUT2D eigenvalue weighted by molar-refractivity contribution is 5.73. The van der Waals surface area contributed by atoms with Crippen LogP contribution in [0.3, 0.4) is 0 Å². The first kappa shape index (κ1) is 12.4. The summed E-state index contributed by atoms with van der Waals surface area (Å²) in [5.74, 6) is -0.277. The summed E-state index contributed by atoms with van der Waals surface area (Å²) >= 11 is 0. The molecule has 0 radical (unpaired) electrons. The molecule has 0 aliphatic heterocycles. The van der Waals surface area contributed by atoms with E-state index < -0.39 is 0 Å². The largest absolute Gasteiger partial charge is 0.393 e. The van der Waals surface area contributed by atoms with Crippen molar-refractivity contribution in [2.24, 2.45) is 5.73 Å². The van der Waals surface area contributed by atoms with E-state index in [1.165, 1.54) is 12.8 Å². The molecule has 3 heteroatoms. The van der Waals surface area contributed by atoms with Crippen LogP contribution in [0.4, 0.5) is 0 Å². The van der Waals surface area contributed by atoms with Crippen molar-refractivity contribution in [1.82, 2.24) is 0 Å². The highest BCUT2D eigenvalue weighted by Gasteiger charge is 2.04. The van der Waals surface area contributed by atoms with E-state index in [-0.39, 0.29) is 12.0 Å². The molecule has 0 fully saturated rings. The topological polar surface area (TPSA) is 63.3 Å². The summed E-state index contributed by atoms with van der Waals surface area (Å²) in [6, 6.07) is 0. The van der Waals surface area contributed by atoms with E-state index >= 15 is 0 Å². The SMILES string of the molecule is CCCCCC(O)CCCC(N)=O. The molecule has 0 rings (SSSR count). The van der Waals surface area contributed by atoms with E-state index in [0.717, 1.165) is 12.8 Å². The number of nitrogens with two attached hydrogens (primary N) is 1. The summed E-state index contributed by atoms with van der Waals surface area (Å²) in [6.45, 7) is 2.14. The van der Waals surface area contributed by atoms with Gasteiger partial charge in [0.1, 0.15) is 0 Å². The van der Waals surface area contributed by atoms with E-state index in [4.69, 9.17) is 5.73 Å². The molecule has 1 amide bonds. The molecular weight excluding hydrogens is 166 g/mol. The lowest BCUT2D eigenvalue weighted by Gasteiger charge is -2.08. The molecule has 0 aromatic carbocycles. The summed E-state index contributed by atoms with van der Waals surface area (Å²) in [6.07, 6.45) is 5.84. The van der Waals surface area contributed by atoms with Crippen molar-refractivity contribution in [2.75, 3.05) is 0 Å². The first-order valence-electron chi connectivity index (χ1n) is 5.13. The van der Waals surface area contributed by atoms with Gasteiger partial charge in [-0.25, -0.2) is 0 Å². The quantitative estimate of drug-likeness (QED) is 0.567. The molecule has 1 atom stereocenters. The lowest BCUT2D eigenvalue weighted by atomic mass is 10.1. The van der Waals surface area contributed by atoms with Crippen LogP contribution in [-0.2, 0) is 4.79 Å². The number of unbranched alkanes of at least 4 members (excludes halogenated alkanes) is 2. The Bertz CT molecular complexity index is 137. The molecule has 0 bridgehead atoms. The lowest BCUT2D eigenvalue weighted by molar-refractivity contribution is -0.118. The zero-order valence-electron chi connectivity index (χ0n) is 8.46. The van der Waals surface area contributed by atoms with E-state index in [1.54, 1.807) is 0 Å². The second-order valence-electron chi connectivity index (χ2n) is 3.51. The zero-order chi connectivity index (χ0) is 10.1. The summed E-state index contributed by atoms with van der Waals surface area (Å²) in [5.41, 5.74) is 4.98. The van der Waals surface area contributed by atoms with Gasteiger partial charge in [0.15, 0.2) is 0 Å². The molecule has 1 unspecified atom stereocenters. The maximum atomic E-state index is 10.4. The summed E-state index contributed by atoms with van der Waals surface area (Å²) in [5, 5.41) is 9.44. The highest BCUT2D eigenvalue weighted by atomic mass is 16.3. The third kappa shape index (κ3) is 9.34. The average molecular weight is 187 g/mol. The van der Waals surface area contributed by atoms with Gasteiger partial charge in [-0.1, -0.05) is 26.2 Å². The van der Waals surface area contributed by atoms with E-state index in [2.05, 4.69) is 6.92 Å². The van der Waals surface area contributed by atoms with Crippen LogP contribution in [0, 0.1) is 0 Å². The summed E-state index contributed by atoms with van der Waals surface area (Å²) in [4.78, 5) is 10.4. The number of amides is 1. The molecule has 0 saturated carbocycles. The predicted molar refractivity (Wildman–Crippen MR) is 53.2 cm³/mol. The van der Waals surface area contributed by atoms with Gasteiger partial charge in [0.05, 0.1) is 6.10 Å². The highest BCUT2D eigenvalue weighted by Crippen LogP contribution is 2.09. The monoisotopic (exact) mass is 187 g/mol. The Morgan fingerprint density at radius 1 is 1.31 bits per heavy atom. The molecule has 0 aliphatic carbocycles. The molecular formula is C10H21NO2. The first-order valence-corrected chi connectivity index (χ1v) is 5.13. The second kappa shape index (κ2) is 8.05. The minimum atomic E-state index is -0.277. The van der Waals surface area contributed by atoms with Gasteiger partial charge in [0, 0.05) is 6.42 Å². The minimum absolute atomic E-state index is 0.245. The maximum absolute atomic E-state index is 10.4. The average Bonchev–Trinajstić information content (AvgIpc) is 2.04. The number of hydrogen-bond acceptors (Lipinski definition) is 2. The van der Waals surface area contributed by atoms with Crippen LogP contribution >= 0.6 is 0 Å². The number of aliphatic hydroxyl groups excluding tert-OH is 1. The predicted octanol–water partition coefficient (Wildman–Crippen LogP) is 1.58. The van der Waals surface area contributed by atoms with Crippen LogP contribution in [0.5, 0.6) is 0 Å². The molecule has 0 aromatic rings. The molecule has 13 heavy (non-hydrogen) atoms. The molecule has 3 N–H and O–H groups in total. The Morgan fingerprint density at radius 3 is 2.46 bits per heavy atom. The number of carbonyl (C=O) groups is 1. The summed E-state index contributed by atoms with van der Waals surface area (Å²) < 4.78 is 0. The molecule has 0 aliphatic rings. The molecule has 3 nitrogen and oxygen atoms in total. The zero-order valence-corrected chi connectivity index (χ0v) is 8.46. The van der Waals surface area contributed by atoms with Crippen LogP contribution < -0.4 is 5.73 Å². The van der Waals surface area contributed by atoms with Gasteiger partial charge in [0.25, 0.3) is 0 Å². The molecule has 0 aromatic heterocycles. The lowest BCUT2D eigenvalue weighted by Crippen LogP contribution is -2.12. The normalized spacial score (nSPS) is 12.8. The Balaban J connectivity index is 3.19. The van der Waals surface area contributed by atoms with E-state index in [1.807, 2.05) is 0 Å². The van der Waals surface area contributed by atoms with E-state index in [9.17, 15) is 9.90 Å². The van der Waals surface area contributed by atoms with Crippen molar-refractivity contribution in [2.45, 2.75) is 58.0 Å². The fourth-order valence-electron chi connectivity index (χ4n) is 1.29. The van der Waals surface area contributed by atoms with Crippen LogP contribution in [0.2, 0.25) is 0 Å². The molecule has 78 valence electrons. The second-order valence-corrected chi connectivity index (χ2v) is 3.51. The smallest absolute Gasteiger partial charge is 0.217 e. The van der Waals surface area contributed by atoms with Crippen molar-refractivity contribution < 1.29 is 9.90 Å². The van der Waals surface area contributed by atoms with Gasteiger partial charge in [-0.2, -0.15) is 0 Å². The molecule has 0 heterocycles. The molecule has 0 saturated heterocycles. The first-order chi connectivity index (χ1) is 6.16. The summed E-state index contributed by atoms with van der Waals surface area (Å²) in [7, 11) is 0. The fraction of sp³-hybridized carbons (Fsp3) is 0.900. The maximum Gasteiger partial charge on any atom is 0.217 e. The van der Waals surface area contributed by atoms with Crippen molar-refractivity contribution in [3.05, 3.63) is 0 Å². The number of hydrogen-bond donors (Lipinski definition) is 2. The third-order valence-corrected chi connectivity index (χ3v) is 2.10. The number of aliphatic hydroxyl groups is 1. The van der Waals surface area contributed by atoms with Crippen molar-refractivity contribution in [3.8, 4) is 0 Å². The minimum Gasteiger partial charge on any atom is -0.393 e. The van der Waals surface area contributed by atoms with E-state index in [0.29, 0.717) is 19.3 Å². The van der Waals surface area contributed by atoms with Gasteiger partial charge in [-0.3, -0.25) is 4.79 Å². The molecule has 0 spiro atoms. The van der Waals surface area contributed by atoms with Crippen LogP contribution in [0.25, 0.3) is 0 Å². The van der Waals surface area contributed by atoms with Gasteiger partial charge in [-0.15, -0.1) is 0 Å². The van der Waals surface area contributed by atoms with Crippen molar-refractivity contribution in [1.29, 1.82) is 0 Å². The Kier molecular flexibility index (Phi) is 7.69.